The molecule has 13 nitrogen and oxygen atoms in total. The predicted molar refractivity (Wildman–Crippen MR) is 89.1 cm³/mol. The average Bonchev–Trinajstić information content (AvgIpc) is 2.83. The second-order valence-corrected chi connectivity index (χ2v) is 7.67. The molecule has 0 aromatic carbocycles. The van der Waals surface area contributed by atoms with E-state index in [1.165, 1.54) is 4.90 Å². The summed E-state index contributed by atoms with van der Waals surface area (Å²) in [4.78, 5) is 33.0. The second-order valence-electron chi connectivity index (χ2n) is 6.67. The molecule has 2 bridgehead atoms. The molecule has 5 N–H and O–H groups in total. The Morgan fingerprint density at radius 1 is 1.26 bits per heavy atom. The van der Waals surface area contributed by atoms with Crippen LogP contribution in [0.25, 0.3) is 0 Å². The van der Waals surface area contributed by atoms with Crippen LogP contribution in [-0.2, 0) is 24.3 Å². The molecule has 0 aromatic rings. The van der Waals surface area contributed by atoms with Gasteiger partial charge in [0.15, 0.2) is 5.96 Å². The summed E-state index contributed by atoms with van der Waals surface area (Å²) < 4.78 is 34.9. The minimum atomic E-state index is -4.83. The highest BCUT2D eigenvalue weighted by molar-refractivity contribution is 7.80. The van der Waals surface area contributed by atoms with E-state index in [1.807, 2.05) is 0 Å². The van der Waals surface area contributed by atoms with Crippen molar-refractivity contribution < 1.29 is 31.7 Å². The van der Waals surface area contributed by atoms with Crippen molar-refractivity contribution in [3.8, 4) is 0 Å². The van der Waals surface area contributed by atoms with Crippen LogP contribution in [-0.4, -0.2) is 83.6 Å². The van der Waals surface area contributed by atoms with E-state index in [9.17, 15) is 18.0 Å². The largest absolute Gasteiger partial charge is 0.418 e. The Hall–Kier alpha value is -2.16. The first-order chi connectivity index (χ1) is 12.7. The molecule has 0 aromatic heterocycles. The minimum absolute atomic E-state index is 0.00143. The van der Waals surface area contributed by atoms with Gasteiger partial charge >= 0.3 is 16.4 Å². The number of rotatable bonds is 5. The molecule has 3 amide bonds. The van der Waals surface area contributed by atoms with Gasteiger partial charge in [-0.25, -0.2) is 10.3 Å². The lowest BCUT2D eigenvalue weighted by Gasteiger charge is -2.33. The van der Waals surface area contributed by atoms with E-state index in [1.54, 1.807) is 4.90 Å². The van der Waals surface area contributed by atoms with E-state index in [0.29, 0.717) is 43.8 Å². The first-order valence-corrected chi connectivity index (χ1v) is 9.83. The molecule has 3 aliphatic heterocycles. The van der Waals surface area contributed by atoms with Crippen molar-refractivity contribution in [1.82, 2.24) is 20.3 Å². The van der Waals surface area contributed by atoms with Crippen molar-refractivity contribution in [2.24, 2.45) is 5.73 Å². The van der Waals surface area contributed by atoms with E-state index >= 15 is 0 Å². The van der Waals surface area contributed by atoms with Crippen LogP contribution in [0.2, 0.25) is 0 Å². The number of nitrogens with one attached hydrogen (secondary N) is 2. The normalized spacial score (nSPS) is 26.4. The highest BCUT2D eigenvalue weighted by Gasteiger charge is 2.49. The summed E-state index contributed by atoms with van der Waals surface area (Å²) in [7, 11) is -4.83. The number of hydrogen-bond acceptors (Lipinski definition) is 7. The maximum absolute atomic E-state index is 12.4. The molecule has 2 atom stereocenters. The Morgan fingerprint density at radius 3 is 2.52 bits per heavy atom. The van der Waals surface area contributed by atoms with Gasteiger partial charge in [0.05, 0.1) is 12.1 Å². The number of urea groups is 1. The number of fused-ring (bicyclic) bond motifs is 2. The van der Waals surface area contributed by atoms with Gasteiger partial charge in [-0.1, -0.05) is 0 Å². The molecule has 3 fully saturated rings. The molecule has 3 rings (SSSR count). The molecule has 0 spiro atoms. The van der Waals surface area contributed by atoms with Crippen molar-refractivity contribution in [2.75, 3.05) is 19.6 Å². The third kappa shape index (κ3) is 4.40. The zero-order chi connectivity index (χ0) is 19.8. The summed E-state index contributed by atoms with van der Waals surface area (Å²) >= 11 is 0. The lowest BCUT2D eigenvalue weighted by atomic mass is 10.0. The van der Waals surface area contributed by atoms with Crippen LogP contribution in [0.4, 0.5) is 4.79 Å². The summed E-state index contributed by atoms with van der Waals surface area (Å²) in [5.41, 5.74) is 7.79. The van der Waals surface area contributed by atoms with Gasteiger partial charge in [0.25, 0.3) is 5.91 Å². The number of hydrogen-bond donors (Lipinski definition) is 4. The number of amides is 3. The van der Waals surface area contributed by atoms with Crippen LogP contribution in [0.1, 0.15) is 25.7 Å². The molecule has 3 aliphatic rings. The summed E-state index contributed by atoms with van der Waals surface area (Å²) in [6.45, 7) is 1.21. The number of guanidine groups is 1. The number of nitrogens with two attached hydrogens (primary N) is 1. The number of likely N-dealkylation sites (tertiary alicyclic amines) is 1. The number of hydroxylamine groups is 3. The highest BCUT2D eigenvalue weighted by atomic mass is 32.3. The Bertz CT molecular complexity index is 723. The molecule has 3 saturated heterocycles. The highest BCUT2D eigenvalue weighted by Crippen LogP contribution is 2.30. The van der Waals surface area contributed by atoms with Gasteiger partial charge in [0.2, 0.25) is 0 Å². The molecule has 152 valence electrons. The van der Waals surface area contributed by atoms with Gasteiger partial charge in [0, 0.05) is 19.6 Å². The first kappa shape index (κ1) is 19.6. The molecule has 3 heterocycles. The van der Waals surface area contributed by atoms with E-state index in [0.717, 1.165) is 0 Å². The maximum Gasteiger partial charge on any atom is 0.418 e. The van der Waals surface area contributed by atoms with Crippen molar-refractivity contribution in [1.29, 1.82) is 5.41 Å². The van der Waals surface area contributed by atoms with Gasteiger partial charge < -0.3 is 15.5 Å². The third-order valence-electron chi connectivity index (χ3n) is 4.91. The maximum atomic E-state index is 12.4. The molecular weight excluding hydrogens is 384 g/mol. The standard InChI is InChI=1S/C13H22N6O7S/c14-12(15)17-5-3-9(4-6-17)25-16-11(20)10-2-1-8-7-18(10)13(21)19(8)26-27(22,23)24/h8-10H,1-7H2,(H3,14,15)(H,16,20)(H,22,23,24)/t8?,10-/m0/s1. The fraction of sp³-hybridized carbons (Fsp3) is 0.769. The summed E-state index contributed by atoms with van der Waals surface area (Å²) in [5, 5.41) is 7.97. The Morgan fingerprint density at radius 2 is 1.93 bits per heavy atom. The third-order valence-corrected chi connectivity index (χ3v) is 5.26. The predicted octanol–water partition coefficient (Wildman–Crippen LogP) is -1.60. The van der Waals surface area contributed by atoms with Gasteiger partial charge in [-0.3, -0.25) is 19.6 Å². The summed E-state index contributed by atoms with van der Waals surface area (Å²) in [6, 6.07) is -2.17. The number of piperidine rings is 2. The van der Waals surface area contributed by atoms with Crippen LogP contribution < -0.4 is 11.2 Å². The van der Waals surface area contributed by atoms with E-state index < -0.39 is 34.4 Å². The lowest BCUT2D eigenvalue weighted by molar-refractivity contribution is -0.145. The van der Waals surface area contributed by atoms with Crippen LogP contribution in [0, 0.1) is 5.41 Å². The SMILES string of the molecule is N=C(N)N1CCC(ONC(=O)[C@@H]2CCC3CN2C(=O)N3OS(=O)(=O)O)CC1. The minimum Gasteiger partial charge on any atom is -0.370 e. The van der Waals surface area contributed by atoms with E-state index in [-0.39, 0.29) is 18.6 Å². The Balaban J connectivity index is 1.51. The number of carbonyl (C=O) groups is 2. The van der Waals surface area contributed by atoms with Crippen LogP contribution in [0.3, 0.4) is 0 Å². The fourth-order valence-electron chi connectivity index (χ4n) is 3.53. The molecule has 0 radical (unpaired) electrons. The van der Waals surface area contributed by atoms with Crippen LogP contribution in [0.15, 0.2) is 0 Å². The monoisotopic (exact) mass is 406 g/mol. The molecule has 14 heteroatoms. The van der Waals surface area contributed by atoms with E-state index in [4.69, 9.17) is 20.5 Å². The Labute approximate surface area is 155 Å². The average molecular weight is 406 g/mol. The van der Waals surface area contributed by atoms with Crippen LogP contribution in [0.5, 0.6) is 0 Å². The van der Waals surface area contributed by atoms with Gasteiger partial charge in [-0.2, -0.15) is 13.5 Å². The summed E-state index contributed by atoms with van der Waals surface area (Å²) in [6.07, 6.45) is 1.60. The first-order valence-electron chi connectivity index (χ1n) is 8.47. The molecule has 0 aliphatic carbocycles. The van der Waals surface area contributed by atoms with Crippen molar-refractivity contribution in [3.63, 3.8) is 0 Å². The quantitative estimate of drug-likeness (QED) is 0.181. The molecule has 1 unspecified atom stereocenters. The fourth-order valence-corrected chi connectivity index (χ4v) is 3.92. The van der Waals surface area contributed by atoms with Gasteiger partial charge in [-0.05, 0) is 25.7 Å². The molecule has 27 heavy (non-hydrogen) atoms. The Kier molecular flexibility index (Phi) is 5.41. The van der Waals surface area contributed by atoms with Crippen molar-refractivity contribution in [2.45, 2.75) is 43.9 Å². The summed E-state index contributed by atoms with van der Waals surface area (Å²) in [5.74, 6) is -0.511. The van der Waals surface area contributed by atoms with Gasteiger partial charge in [0.1, 0.15) is 6.04 Å². The van der Waals surface area contributed by atoms with Crippen molar-refractivity contribution in [3.05, 3.63) is 0 Å². The zero-order valence-corrected chi connectivity index (χ0v) is 15.2. The molecule has 0 saturated carbocycles. The van der Waals surface area contributed by atoms with Crippen LogP contribution >= 0.6 is 0 Å². The molecular formula is C13H22N6O7S. The lowest BCUT2D eigenvalue weighted by Crippen LogP contribution is -2.51. The van der Waals surface area contributed by atoms with E-state index in [2.05, 4.69) is 9.76 Å². The number of nitrogens with zero attached hydrogens (tertiary/aromatic N) is 3. The van der Waals surface area contributed by atoms with Crippen molar-refractivity contribution >= 4 is 28.3 Å². The number of carbonyl (C=O) groups excluding carboxylic acids is 2. The smallest absolute Gasteiger partial charge is 0.370 e. The topological polar surface area (TPSA) is 179 Å². The second kappa shape index (κ2) is 7.46. The van der Waals surface area contributed by atoms with Gasteiger partial charge in [-0.15, -0.1) is 4.28 Å². The zero-order valence-electron chi connectivity index (χ0n) is 14.4.